The summed E-state index contributed by atoms with van der Waals surface area (Å²) in [6.07, 6.45) is 1.68. The summed E-state index contributed by atoms with van der Waals surface area (Å²) in [6, 6.07) is 11.7. The van der Waals surface area contributed by atoms with Gasteiger partial charge < -0.3 is 10.6 Å². The standard InChI is InChI=1S/C22H18F3N7O/c1-32-12-19(20(31-32)17-5-2-3-8-27-17)30-21(33)18-7-4-6-16(29-18)14-9-15(11-26-10-14)28-13-22(23,24)25/h2-12,28H,13H2,1H3,(H,30,33). The van der Waals surface area contributed by atoms with Gasteiger partial charge in [-0.25, -0.2) is 4.98 Å². The van der Waals surface area contributed by atoms with Crippen LogP contribution in [0.25, 0.3) is 22.6 Å². The first-order valence-electron chi connectivity index (χ1n) is 9.78. The molecule has 33 heavy (non-hydrogen) atoms. The lowest BCUT2D eigenvalue weighted by molar-refractivity contribution is -0.115. The van der Waals surface area contributed by atoms with E-state index in [1.54, 1.807) is 48.4 Å². The number of carbonyl (C=O) groups is 1. The van der Waals surface area contributed by atoms with Gasteiger partial charge in [0.2, 0.25) is 0 Å². The number of carbonyl (C=O) groups excluding carboxylic acids is 1. The molecular formula is C22H18F3N7O. The first kappa shape index (κ1) is 21.9. The lowest BCUT2D eigenvalue weighted by Gasteiger charge is -2.10. The van der Waals surface area contributed by atoms with Gasteiger partial charge in [-0.05, 0) is 30.3 Å². The van der Waals surface area contributed by atoms with Crippen LogP contribution in [-0.4, -0.2) is 43.4 Å². The maximum Gasteiger partial charge on any atom is 0.405 e. The second-order valence-electron chi connectivity index (χ2n) is 7.07. The van der Waals surface area contributed by atoms with Crippen LogP contribution in [0.5, 0.6) is 0 Å². The summed E-state index contributed by atoms with van der Waals surface area (Å²) < 4.78 is 39.0. The highest BCUT2D eigenvalue weighted by molar-refractivity contribution is 6.04. The second kappa shape index (κ2) is 9.07. The number of nitrogens with zero attached hydrogens (tertiary/aromatic N) is 5. The third-order valence-corrected chi connectivity index (χ3v) is 4.49. The predicted octanol–water partition coefficient (Wildman–Crippen LogP) is 4.17. The van der Waals surface area contributed by atoms with Crippen LogP contribution < -0.4 is 10.6 Å². The molecule has 0 spiro atoms. The smallest absolute Gasteiger partial charge is 0.375 e. The van der Waals surface area contributed by atoms with Crippen molar-refractivity contribution in [3.63, 3.8) is 0 Å². The molecule has 0 radical (unpaired) electrons. The third kappa shape index (κ3) is 5.50. The Bertz CT molecular complexity index is 1270. The lowest BCUT2D eigenvalue weighted by Crippen LogP contribution is -2.21. The van der Waals surface area contributed by atoms with Gasteiger partial charge in [-0.2, -0.15) is 18.3 Å². The number of amides is 1. The predicted molar refractivity (Wildman–Crippen MR) is 116 cm³/mol. The Balaban J connectivity index is 1.55. The monoisotopic (exact) mass is 453 g/mol. The third-order valence-electron chi connectivity index (χ3n) is 4.49. The highest BCUT2D eigenvalue weighted by atomic mass is 19.4. The van der Waals surface area contributed by atoms with Crippen LogP contribution in [-0.2, 0) is 7.05 Å². The summed E-state index contributed by atoms with van der Waals surface area (Å²) in [5.74, 6) is -0.471. The number of pyridine rings is 3. The Hall–Kier alpha value is -4.28. The van der Waals surface area contributed by atoms with Gasteiger partial charge in [-0.3, -0.25) is 19.4 Å². The molecule has 4 rings (SSSR count). The quantitative estimate of drug-likeness (QED) is 0.455. The first-order valence-corrected chi connectivity index (χ1v) is 9.78. The number of halogens is 3. The topological polar surface area (TPSA) is 97.6 Å². The number of anilines is 2. The zero-order chi connectivity index (χ0) is 23.4. The summed E-state index contributed by atoms with van der Waals surface area (Å²) in [5, 5.41) is 9.44. The van der Waals surface area contributed by atoms with Crippen molar-refractivity contribution in [2.75, 3.05) is 17.2 Å². The number of aryl methyl sites for hydroxylation is 1. The number of hydrogen-bond acceptors (Lipinski definition) is 6. The van der Waals surface area contributed by atoms with Crippen LogP contribution in [0.2, 0.25) is 0 Å². The van der Waals surface area contributed by atoms with Crippen molar-refractivity contribution >= 4 is 17.3 Å². The van der Waals surface area contributed by atoms with E-state index < -0.39 is 18.6 Å². The Morgan fingerprint density at radius 3 is 2.67 bits per heavy atom. The van der Waals surface area contributed by atoms with E-state index >= 15 is 0 Å². The Morgan fingerprint density at radius 1 is 1.09 bits per heavy atom. The molecule has 0 aromatic carbocycles. The fourth-order valence-electron chi connectivity index (χ4n) is 3.06. The van der Waals surface area contributed by atoms with Crippen molar-refractivity contribution in [1.29, 1.82) is 0 Å². The van der Waals surface area contributed by atoms with Crippen LogP contribution in [0.1, 0.15) is 10.5 Å². The zero-order valence-corrected chi connectivity index (χ0v) is 17.3. The van der Waals surface area contributed by atoms with Crippen molar-refractivity contribution in [2.24, 2.45) is 7.05 Å². The molecule has 0 aliphatic carbocycles. The highest BCUT2D eigenvalue weighted by Gasteiger charge is 2.26. The fourth-order valence-corrected chi connectivity index (χ4v) is 3.06. The maximum absolute atomic E-state index is 12.9. The minimum absolute atomic E-state index is 0.122. The SMILES string of the molecule is Cn1cc(NC(=O)c2cccc(-c3cncc(NCC(F)(F)F)c3)n2)c(-c2ccccn2)n1. The molecule has 0 fully saturated rings. The average molecular weight is 453 g/mol. The number of hydrogen-bond donors (Lipinski definition) is 2. The fraction of sp³-hybridized carbons (Fsp3) is 0.136. The van der Waals surface area contributed by atoms with Crippen LogP contribution in [0.3, 0.4) is 0 Å². The molecule has 8 nitrogen and oxygen atoms in total. The van der Waals surface area contributed by atoms with Gasteiger partial charge >= 0.3 is 6.18 Å². The highest BCUT2D eigenvalue weighted by Crippen LogP contribution is 2.25. The molecular weight excluding hydrogens is 435 g/mol. The average Bonchev–Trinajstić information content (AvgIpc) is 3.18. The molecule has 0 aliphatic rings. The van der Waals surface area contributed by atoms with Gasteiger partial charge in [0.15, 0.2) is 0 Å². The van der Waals surface area contributed by atoms with Gasteiger partial charge in [0, 0.05) is 37.4 Å². The van der Waals surface area contributed by atoms with Crippen LogP contribution in [0.15, 0.2) is 67.3 Å². The molecule has 11 heteroatoms. The van der Waals surface area contributed by atoms with E-state index in [1.807, 2.05) is 6.07 Å². The van der Waals surface area contributed by atoms with Gasteiger partial charge in [-0.15, -0.1) is 0 Å². The summed E-state index contributed by atoms with van der Waals surface area (Å²) in [5.41, 5.74) is 2.75. The summed E-state index contributed by atoms with van der Waals surface area (Å²) in [6.45, 7) is -1.18. The molecule has 0 saturated carbocycles. The number of aromatic nitrogens is 5. The van der Waals surface area contributed by atoms with Crippen LogP contribution >= 0.6 is 0 Å². The first-order chi connectivity index (χ1) is 15.8. The molecule has 0 atom stereocenters. The normalized spacial score (nSPS) is 11.3. The summed E-state index contributed by atoms with van der Waals surface area (Å²) in [7, 11) is 1.73. The van der Waals surface area contributed by atoms with Crippen molar-refractivity contribution in [2.45, 2.75) is 6.18 Å². The van der Waals surface area contributed by atoms with E-state index in [9.17, 15) is 18.0 Å². The van der Waals surface area contributed by atoms with E-state index in [2.05, 4.69) is 30.7 Å². The molecule has 4 aromatic rings. The molecule has 0 saturated heterocycles. The van der Waals surface area contributed by atoms with Crippen molar-refractivity contribution in [3.05, 3.63) is 72.9 Å². The Labute approximate surface area is 186 Å². The van der Waals surface area contributed by atoms with Crippen molar-refractivity contribution in [1.82, 2.24) is 24.7 Å². The summed E-state index contributed by atoms with van der Waals surface area (Å²) in [4.78, 5) is 25.5. The van der Waals surface area contributed by atoms with Crippen LogP contribution in [0, 0.1) is 0 Å². The molecule has 168 valence electrons. The molecule has 0 bridgehead atoms. The van der Waals surface area contributed by atoms with E-state index in [0.29, 0.717) is 28.3 Å². The Morgan fingerprint density at radius 2 is 1.91 bits per heavy atom. The van der Waals surface area contributed by atoms with Gasteiger partial charge in [0.1, 0.15) is 17.9 Å². The largest absolute Gasteiger partial charge is 0.405 e. The van der Waals surface area contributed by atoms with Crippen LogP contribution in [0.4, 0.5) is 24.5 Å². The van der Waals surface area contributed by atoms with Gasteiger partial charge in [0.25, 0.3) is 5.91 Å². The molecule has 0 unspecified atom stereocenters. The maximum atomic E-state index is 12.9. The number of alkyl halides is 3. The Kier molecular flexibility index (Phi) is 6.03. The minimum Gasteiger partial charge on any atom is -0.375 e. The molecule has 0 aliphatic heterocycles. The lowest BCUT2D eigenvalue weighted by atomic mass is 10.1. The minimum atomic E-state index is -4.35. The van der Waals surface area contributed by atoms with Crippen molar-refractivity contribution < 1.29 is 18.0 Å². The zero-order valence-electron chi connectivity index (χ0n) is 17.3. The van der Waals surface area contributed by atoms with Gasteiger partial charge in [0.05, 0.1) is 22.8 Å². The molecule has 2 N–H and O–H groups in total. The van der Waals surface area contributed by atoms with E-state index in [0.717, 1.165) is 0 Å². The number of rotatable bonds is 6. The molecule has 4 aromatic heterocycles. The van der Waals surface area contributed by atoms with E-state index in [4.69, 9.17) is 0 Å². The van der Waals surface area contributed by atoms with E-state index in [-0.39, 0.29) is 11.4 Å². The molecule has 1 amide bonds. The number of nitrogens with one attached hydrogen (secondary N) is 2. The van der Waals surface area contributed by atoms with E-state index in [1.165, 1.54) is 24.5 Å². The second-order valence-corrected chi connectivity index (χ2v) is 7.07. The van der Waals surface area contributed by atoms with Crippen molar-refractivity contribution in [3.8, 4) is 22.6 Å². The molecule has 4 heterocycles. The van der Waals surface area contributed by atoms with Gasteiger partial charge in [-0.1, -0.05) is 12.1 Å². The summed E-state index contributed by atoms with van der Waals surface area (Å²) >= 11 is 0.